The highest BCUT2D eigenvalue weighted by Gasteiger charge is 2.29. The fourth-order valence-corrected chi connectivity index (χ4v) is 4.78. The summed E-state index contributed by atoms with van der Waals surface area (Å²) in [6.45, 7) is 2.34. The number of nitrogens with zero attached hydrogens (tertiary/aromatic N) is 1. The molecule has 0 saturated carbocycles. The van der Waals surface area contributed by atoms with Gasteiger partial charge in [-0.25, -0.2) is 13.2 Å². The standard InChI is InChI=1S/C15H17NO4S2/c1-3-16(11-12-7-5-4-6-8-12)22(18,19)13-9-10-21-14(13)15(17)20-2/h4-10H,3,11H2,1-2H3. The van der Waals surface area contributed by atoms with E-state index in [0.29, 0.717) is 6.54 Å². The third-order valence-corrected chi connectivity index (χ3v) is 6.16. The fraction of sp³-hybridized carbons (Fsp3) is 0.267. The molecule has 0 saturated heterocycles. The quantitative estimate of drug-likeness (QED) is 0.759. The molecule has 118 valence electrons. The molecule has 0 fully saturated rings. The molecule has 0 amide bonds. The molecule has 0 unspecified atom stereocenters. The van der Waals surface area contributed by atoms with Gasteiger partial charge in [-0.2, -0.15) is 4.31 Å². The highest BCUT2D eigenvalue weighted by atomic mass is 32.2. The molecule has 0 atom stereocenters. The van der Waals surface area contributed by atoms with Crippen LogP contribution in [0.25, 0.3) is 0 Å². The molecule has 1 heterocycles. The van der Waals surface area contributed by atoms with Crippen molar-refractivity contribution in [1.82, 2.24) is 4.31 Å². The number of esters is 1. The zero-order chi connectivity index (χ0) is 16.2. The Morgan fingerprint density at radius 2 is 1.91 bits per heavy atom. The van der Waals surface area contributed by atoms with Gasteiger partial charge in [-0.15, -0.1) is 11.3 Å². The van der Waals surface area contributed by atoms with Crippen LogP contribution in [0.2, 0.25) is 0 Å². The summed E-state index contributed by atoms with van der Waals surface area (Å²) in [5, 5.41) is 1.58. The van der Waals surface area contributed by atoms with Crippen molar-refractivity contribution in [1.29, 1.82) is 0 Å². The van der Waals surface area contributed by atoms with Gasteiger partial charge in [-0.05, 0) is 17.0 Å². The van der Waals surface area contributed by atoms with Crippen LogP contribution in [-0.2, 0) is 21.3 Å². The molecule has 0 radical (unpaired) electrons. The van der Waals surface area contributed by atoms with E-state index in [1.165, 1.54) is 17.5 Å². The second-order valence-corrected chi connectivity index (χ2v) is 7.34. The van der Waals surface area contributed by atoms with Crippen LogP contribution in [0.3, 0.4) is 0 Å². The van der Waals surface area contributed by atoms with Crippen LogP contribution < -0.4 is 0 Å². The lowest BCUT2D eigenvalue weighted by atomic mass is 10.2. The van der Waals surface area contributed by atoms with Crippen molar-refractivity contribution in [3.05, 3.63) is 52.2 Å². The summed E-state index contributed by atoms with van der Waals surface area (Å²) in [6.07, 6.45) is 0. The highest BCUT2D eigenvalue weighted by Crippen LogP contribution is 2.26. The van der Waals surface area contributed by atoms with E-state index in [4.69, 9.17) is 0 Å². The van der Waals surface area contributed by atoms with Crippen molar-refractivity contribution in [2.75, 3.05) is 13.7 Å². The maximum absolute atomic E-state index is 12.8. The number of hydrogen-bond donors (Lipinski definition) is 0. The van der Waals surface area contributed by atoms with Gasteiger partial charge in [0.15, 0.2) is 0 Å². The molecule has 0 bridgehead atoms. The van der Waals surface area contributed by atoms with E-state index in [2.05, 4.69) is 4.74 Å². The van der Waals surface area contributed by atoms with Gasteiger partial charge in [0, 0.05) is 13.1 Å². The van der Waals surface area contributed by atoms with Crippen molar-refractivity contribution in [3.8, 4) is 0 Å². The summed E-state index contributed by atoms with van der Waals surface area (Å²) < 4.78 is 31.6. The minimum Gasteiger partial charge on any atom is -0.465 e. The molecule has 1 aromatic heterocycles. The summed E-state index contributed by atoms with van der Waals surface area (Å²) in [5.74, 6) is -0.635. The molecule has 1 aromatic carbocycles. The average Bonchev–Trinajstić information content (AvgIpc) is 3.03. The lowest BCUT2D eigenvalue weighted by Gasteiger charge is -2.20. The first kappa shape index (κ1) is 16.7. The fourth-order valence-electron chi connectivity index (χ4n) is 2.04. The molecular weight excluding hydrogens is 322 g/mol. The Morgan fingerprint density at radius 1 is 1.23 bits per heavy atom. The van der Waals surface area contributed by atoms with Crippen LogP contribution in [0.5, 0.6) is 0 Å². The topological polar surface area (TPSA) is 63.7 Å². The van der Waals surface area contributed by atoms with Gasteiger partial charge in [0.05, 0.1) is 7.11 Å². The van der Waals surface area contributed by atoms with Gasteiger partial charge in [0.2, 0.25) is 10.0 Å². The number of thiophene rings is 1. The predicted molar refractivity (Wildman–Crippen MR) is 85.4 cm³/mol. The van der Waals surface area contributed by atoms with Gasteiger partial charge >= 0.3 is 5.97 Å². The smallest absolute Gasteiger partial charge is 0.349 e. The van der Waals surface area contributed by atoms with E-state index >= 15 is 0 Å². The third-order valence-electron chi connectivity index (χ3n) is 3.17. The predicted octanol–water partition coefficient (Wildman–Crippen LogP) is 2.75. The van der Waals surface area contributed by atoms with Crippen molar-refractivity contribution >= 4 is 27.3 Å². The molecule has 5 nitrogen and oxygen atoms in total. The van der Waals surface area contributed by atoms with Crippen LogP contribution >= 0.6 is 11.3 Å². The van der Waals surface area contributed by atoms with Crippen molar-refractivity contribution in [3.63, 3.8) is 0 Å². The van der Waals surface area contributed by atoms with Gasteiger partial charge in [-0.3, -0.25) is 0 Å². The number of carbonyl (C=O) groups is 1. The van der Waals surface area contributed by atoms with Crippen LogP contribution in [0.1, 0.15) is 22.2 Å². The number of benzene rings is 1. The second kappa shape index (κ2) is 7.04. The number of carbonyl (C=O) groups excluding carboxylic acids is 1. The molecule has 7 heteroatoms. The molecule has 2 rings (SSSR count). The third kappa shape index (κ3) is 3.37. The molecular formula is C15H17NO4S2. The number of methoxy groups -OCH3 is 1. The van der Waals surface area contributed by atoms with Crippen LogP contribution in [0, 0.1) is 0 Å². The highest BCUT2D eigenvalue weighted by molar-refractivity contribution is 7.89. The maximum atomic E-state index is 12.8. The zero-order valence-electron chi connectivity index (χ0n) is 12.4. The first-order valence-corrected chi connectivity index (χ1v) is 9.02. The largest absolute Gasteiger partial charge is 0.465 e. The summed E-state index contributed by atoms with van der Waals surface area (Å²) >= 11 is 1.06. The van der Waals surface area contributed by atoms with Crippen molar-refractivity contribution in [2.24, 2.45) is 0 Å². The Bertz CT molecular complexity index is 738. The van der Waals surface area contributed by atoms with E-state index in [9.17, 15) is 13.2 Å². The van der Waals surface area contributed by atoms with Crippen LogP contribution in [-0.4, -0.2) is 32.3 Å². The minimum atomic E-state index is -3.75. The second-order valence-electron chi connectivity index (χ2n) is 4.52. The molecule has 0 spiro atoms. The van der Waals surface area contributed by atoms with E-state index in [-0.39, 0.29) is 16.3 Å². The number of hydrogen-bond acceptors (Lipinski definition) is 5. The van der Waals surface area contributed by atoms with Gasteiger partial charge in [0.1, 0.15) is 9.77 Å². The molecule has 0 aliphatic carbocycles. The Morgan fingerprint density at radius 3 is 2.50 bits per heavy atom. The van der Waals surface area contributed by atoms with Crippen molar-refractivity contribution in [2.45, 2.75) is 18.4 Å². The lowest BCUT2D eigenvalue weighted by molar-refractivity contribution is 0.0602. The van der Waals surface area contributed by atoms with E-state index in [0.717, 1.165) is 16.9 Å². The number of rotatable bonds is 6. The Kier molecular flexibility index (Phi) is 5.33. The molecule has 0 aliphatic heterocycles. The molecule has 22 heavy (non-hydrogen) atoms. The van der Waals surface area contributed by atoms with Gasteiger partial charge in [0.25, 0.3) is 0 Å². The van der Waals surface area contributed by atoms with E-state index < -0.39 is 16.0 Å². The normalized spacial score (nSPS) is 11.6. The summed E-state index contributed by atoms with van der Waals surface area (Å²) in [6, 6.07) is 10.8. The van der Waals surface area contributed by atoms with Gasteiger partial charge in [-0.1, -0.05) is 37.3 Å². The first-order valence-electron chi connectivity index (χ1n) is 6.70. The number of ether oxygens (including phenoxy) is 1. The van der Waals surface area contributed by atoms with Crippen molar-refractivity contribution < 1.29 is 17.9 Å². The monoisotopic (exact) mass is 339 g/mol. The maximum Gasteiger partial charge on any atom is 0.349 e. The van der Waals surface area contributed by atoms with Crippen LogP contribution in [0.4, 0.5) is 0 Å². The molecule has 2 aromatic rings. The Labute approximate surface area is 134 Å². The Hall–Kier alpha value is -1.70. The average molecular weight is 339 g/mol. The minimum absolute atomic E-state index is 0.00197. The Balaban J connectivity index is 2.36. The van der Waals surface area contributed by atoms with Gasteiger partial charge < -0.3 is 4.74 Å². The van der Waals surface area contributed by atoms with E-state index in [1.807, 2.05) is 30.3 Å². The van der Waals surface area contributed by atoms with E-state index in [1.54, 1.807) is 12.3 Å². The molecule has 0 aliphatic rings. The zero-order valence-corrected chi connectivity index (χ0v) is 14.0. The summed E-state index contributed by atoms with van der Waals surface area (Å²) in [4.78, 5) is 11.8. The lowest BCUT2D eigenvalue weighted by Crippen LogP contribution is -2.31. The first-order chi connectivity index (χ1) is 10.5. The van der Waals surface area contributed by atoms with Crippen LogP contribution in [0.15, 0.2) is 46.7 Å². The summed E-state index contributed by atoms with van der Waals surface area (Å²) in [5.41, 5.74) is 0.891. The SMILES string of the molecule is CCN(Cc1ccccc1)S(=O)(=O)c1ccsc1C(=O)OC. The molecule has 0 N–H and O–H groups in total. The number of sulfonamides is 1. The summed E-state index contributed by atoms with van der Waals surface area (Å²) in [7, 11) is -2.51.